The molecule has 1 N–H and O–H groups in total. The number of carboxylic acid groups (broad SMARTS) is 1. The van der Waals surface area contributed by atoms with Crippen molar-refractivity contribution in [3.05, 3.63) is 95.3 Å². The second kappa shape index (κ2) is 14.7. The zero-order valence-corrected chi connectivity index (χ0v) is 27.9. The largest absolute Gasteiger partial charge is 0.465 e. The molecule has 11 nitrogen and oxygen atoms in total. The normalized spacial score (nSPS) is 13.9. The average molecular weight is 645 g/mol. The number of piperidine rings is 1. The summed E-state index contributed by atoms with van der Waals surface area (Å²) in [6.45, 7) is 11.6. The molecular weight excluding hydrogens is 600 g/mol. The lowest BCUT2D eigenvalue weighted by molar-refractivity contribution is -0.000287. The molecule has 1 aromatic heterocycles. The smallest absolute Gasteiger partial charge is 0.420 e. The van der Waals surface area contributed by atoms with Gasteiger partial charge in [-0.15, -0.1) is 0 Å². The first-order valence-electron chi connectivity index (χ1n) is 15.7. The predicted molar refractivity (Wildman–Crippen MR) is 177 cm³/mol. The molecule has 1 aliphatic heterocycles. The molecule has 47 heavy (non-hydrogen) atoms. The highest BCUT2D eigenvalue weighted by atomic mass is 16.6. The average Bonchev–Trinajstić information content (AvgIpc) is 3.01. The van der Waals surface area contributed by atoms with Gasteiger partial charge in [-0.05, 0) is 107 Å². The van der Waals surface area contributed by atoms with Crippen LogP contribution in [0.1, 0.15) is 87.4 Å². The quantitative estimate of drug-likeness (QED) is 0.281. The molecule has 1 fully saturated rings. The number of hydrogen-bond acceptors (Lipinski definition) is 7. The van der Waals surface area contributed by atoms with E-state index in [2.05, 4.69) is 4.98 Å². The summed E-state index contributed by atoms with van der Waals surface area (Å²) in [5.74, 6) is 0.0170. The Labute approximate surface area is 276 Å². The Kier molecular flexibility index (Phi) is 10.9. The Morgan fingerprint density at radius 1 is 0.809 bits per heavy atom. The number of carbonyl (C=O) groups is 4. The van der Waals surface area contributed by atoms with Gasteiger partial charge in [0.05, 0.1) is 13.1 Å². The second-order valence-electron chi connectivity index (χ2n) is 13.6. The summed E-state index contributed by atoms with van der Waals surface area (Å²) in [5, 5.41) is 9.88. The van der Waals surface area contributed by atoms with E-state index < -0.39 is 29.5 Å². The number of imide groups is 1. The van der Waals surface area contributed by atoms with Crippen LogP contribution in [-0.2, 0) is 22.6 Å². The molecule has 0 aliphatic carbocycles. The number of pyridine rings is 1. The van der Waals surface area contributed by atoms with Crippen molar-refractivity contribution in [2.75, 3.05) is 18.0 Å². The van der Waals surface area contributed by atoms with E-state index in [1.54, 1.807) is 95.2 Å². The number of likely N-dealkylation sites (tertiary alicyclic amines) is 1. The molecule has 4 rings (SSSR count). The van der Waals surface area contributed by atoms with Crippen LogP contribution in [0.2, 0.25) is 0 Å². The zero-order chi connectivity index (χ0) is 34.4. The van der Waals surface area contributed by atoms with Crippen molar-refractivity contribution in [1.82, 2.24) is 14.8 Å². The Morgan fingerprint density at radius 2 is 1.40 bits per heavy atom. The molecular formula is C36H44N4O7. The minimum Gasteiger partial charge on any atom is -0.465 e. The van der Waals surface area contributed by atoms with Crippen molar-refractivity contribution in [2.45, 2.75) is 84.6 Å². The van der Waals surface area contributed by atoms with Crippen LogP contribution in [-0.4, -0.2) is 68.4 Å². The lowest BCUT2D eigenvalue weighted by Gasteiger charge is -2.33. The summed E-state index contributed by atoms with van der Waals surface area (Å²) >= 11 is 0. The van der Waals surface area contributed by atoms with Gasteiger partial charge in [0.25, 0.3) is 5.91 Å². The van der Waals surface area contributed by atoms with E-state index in [1.165, 1.54) is 4.90 Å². The Balaban J connectivity index is 1.43. The van der Waals surface area contributed by atoms with Crippen LogP contribution in [0, 0.1) is 0 Å². The Bertz CT molecular complexity index is 1540. The maximum absolute atomic E-state index is 13.5. The molecule has 0 spiro atoms. The van der Waals surface area contributed by atoms with Crippen molar-refractivity contribution in [1.29, 1.82) is 0 Å². The van der Waals surface area contributed by atoms with Crippen LogP contribution >= 0.6 is 0 Å². The van der Waals surface area contributed by atoms with Crippen LogP contribution in [0.4, 0.5) is 20.1 Å². The number of benzene rings is 2. The fraction of sp³-hybridized carbons (Fsp3) is 0.417. The van der Waals surface area contributed by atoms with E-state index in [4.69, 9.17) is 9.47 Å². The molecule has 1 saturated heterocycles. The van der Waals surface area contributed by atoms with Gasteiger partial charge in [-0.1, -0.05) is 30.3 Å². The number of amides is 4. The molecule has 0 bridgehead atoms. The summed E-state index contributed by atoms with van der Waals surface area (Å²) in [4.78, 5) is 59.5. The van der Waals surface area contributed by atoms with Crippen molar-refractivity contribution < 1.29 is 33.8 Å². The van der Waals surface area contributed by atoms with Crippen molar-refractivity contribution >= 4 is 29.9 Å². The number of rotatable bonds is 7. The number of ether oxygens (including phenoxy) is 2. The van der Waals surface area contributed by atoms with Crippen molar-refractivity contribution in [2.24, 2.45) is 0 Å². The van der Waals surface area contributed by atoms with E-state index >= 15 is 0 Å². The standard InChI is InChI=1S/C36H44N4O7/c1-35(2,3)46-33(44)40(34(45)47-36(4,5)6)24-26-9-7-10-28(21-26)27-15-19-38(20-16-27)31(41)29-11-8-12-30(22-29)39(32(42)43)23-25-13-17-37-18-14-25/h7-14,17-18,21-22,27H,15-16,19-20,23-24H2,1-6H3,(H,42,43). The number of hydrogen-bond donors (Lipinski definition) is 1. The number of carbonyl (C=O) groups excluding carboxylic acids is 3. The molecule has 2 heterocycles. The van der Waals surface area contributed by atoms with Gasteiger partial charge in [-0.3, -0.25) is 14.7 Å². The molecule has 0 saturated carbocycles. The zero-order valence-electron chi connectivity index (χ0n) is 27.9. The molecule has 11 heteroatoms. The van der Waals surface area contributed by atoms with E-state index in [0.29, 0.717) is 24.3 Å². The third-order valence-corrected chi connectivity index (χ3v) is 7.50. The Morgan fingerprint density at radius 3 is 1.98 bits per heavy atom. The van der Waals surface area contributed by atoms with E-state index in [1.807, 2.05) is 24.3 Å². The molecule has 0 unspecified atom stereocenters. The van der Waals surface area contributed by atoms with Crippen LogP contribution in [0.25, 0.3) is 0 Å². The molecule has 1 aliphatic rings. The van der Waals surface area contributed by atoms with E-state index in [9.17, 15) is 24.3 Å². The summed E-state index contributed by atoms with van der Waals surface area (Å²) in [5.41, 5.74) is 1.85. The first kappa shape index (κ1) is 34.9. The van der Waals surface area contributed by atoms with E-state index in [-0.39, 0.29) is 24.9 Å². The third-order valence-electron chi connectivity index (χ3n) is 7.50. The summed E-state index contributed by atoms with van der Waals surface area (Å²) in [7, 11) is 0. The van der Waals surface area contributed by atoms with Crippen LogP contribution in [0.15, 0.2) is 73.1 Å². The molecule has 250 valence electrons. The van der Waals surface area contributed by atoms with Gasteiger partial charge < -0.3 is 19.5 Å². The highest BCUT2D eigenvalue weighted by Gasteiger charge is 2.32. The molecule has 4 amide bonds. The SMILES string of the molecule is CC(C)(C)OC(=O)N(Cc1cccc(C2CCN(C(=O)c3cccc(N(Cc4ccncc4)C(=O)O)c3)CC2)c1)C(=O)OC(C)(C)C. The fourth-order valence-electron chi connectivity index (χ4n) is 5.31. The number of nitrogens with zero attached hydrogens (tertiary/aromatic N) is 4. The fourth-order valence-corrected chi connectivity index (χ4v) is 5.31. The lowest BCUT2D eigenvalue weighted by Crippen LogP contribution is -2.43. The minimum atomic E-state index is -1.12. The first-order valence-corrected chi connectivity index (χ1v) is 15.7. The minimum absolute atomic E-state index is 0.0140. The molecule has 3 aromatic rings. The maximum atomic E-state index is 13.5. The summed E-state index contributed by atoms with van der Waals surface area (Å²) in [6, 6.07) is 18.0. The summed E-state index contributed by atoms with van der Waals surface area (Å²) < 4.78 is 11.0. The molecule has 0 radical (unpaired) electrons. The number of anilines is 1. The maximum Gasteiger partial charge on any atom is 0.420 e. The van der Waals surface area contributed by atoms with Gasteiger partial charge in [0.1, 0.15) is 11.2 Å². The van der Waals surface area contributed by atoms with Crippen molar-refractivity contribution in [3.8, 4) is 0 Å². The second-order valence-corrected chi connectivity index (χ2v) is 13.6. The van der Waals surface area contributed by atoms with Crippen LogP contribution in [0.5, 0.6) is 0 Å². The molecule has 0 atom stereocenters. The first-order chi connectivity index (χ1) is 22.1. The van der Waals surface area contributed by atoms with E-state index in [0.717, 1.165) is 34.4 Å². The summed E-state index contributed by atoms with van der Waals surface area (Å²) in [6.07, 6.45) is 1.99. The monoisotopic (exact) mass is 644 g/mol. The highest BCUT2D eigenvalue weighted by molar-refractivity contribution is 5.96. The highest BCUT2D eigenvalue weighted by Crippen LogP contribution is 2.30. The third kappa shape index (κ3) is 10.0. The number of aromatic nitrogens is 1. The Hall–Kier alpha value is -4.93. The van der Waals surface area contributed by atoms with Gasteiger partial charge in [-0.2, -0.15) is 0 Å². The van der Waals surface area contributed by atoms with Gasteiger partial charge >= 0.3 is 18.3 Å². The van der Waals surface area contributed by atoms with Gasteiger partial charge in [0.15, 0.2) is 0 Å². The van der Waals surface area contributed by atoms with Crippen molar-refractivity contribution in [3.63, 3.8) is 0 Å². The predicted octanol–water partition coefficient (Wildman–Crippen LogP) is 7.46. The molecule has 2 aromatic carbocycles. The van der Waals surface area contributed by atoms with Gasteiger partial charge in [-0.25, -0.2) is 19.3 Å². The van der Waals surface area contributed by atoms with Gasteiger partial charge in [0, 0.05) is 36.7 Å². The van der Waals surface area contributed by atoms with Crippen LogP contribution in [0.3, 0.4) is 0 Å². The van der Waals surface area contributed by atoms with Crippen LogP contribution < -0.4 is 4.90 Å². The lowest BCUT2D eigenvalue weighted by atomic mass is 9.88. The topological polar surface area (TPSA) is 130 Å². The van der Waals surface area contributed by atoms with Gasteiger partial charge in [0.2, 0.25) is 0 Å².